The van der Waals surface area contributed by atoms with Crippen LogP contribution in [-0.4, -0.2) is 11.1 Å². The lowest BCUT2D eigenvalue weighted by Crippen LogP contribution is -2.12. The Balaban J connectivity index is 1.62. The number of ether oxygens (including phenoxy) is 1. The molecule has 0 unspecified atom stereocenters. The monoisotopic (exact) mass is 285 g/mol. The number of nitrogens with zero attached hydrogens (tertiary/aromatic N) is 1. The minimum atomic E-state index is -0.334. The van der Waals surface area contributed by atoms with E-state index in [4.69, 9.17) is 9.26 Å². The predicted octanol–water partition coefficient (Wildman–Crippen LogP) is 3.27. The van der Waals surface area contributed by atoms with Crippen LogP contribution in [0.4, 0.5) is 4.39 Å². The molecule has 1 heterocycles. The fourth-order valence-corrected chi connectivity index (χ4v) is 1.97. The third kappa shape index (κ3) is 3.08. The van der Waals surface area contributed by atoms with Gasteiger partial charge in [-0.2, -0.15) is 0 Å². The fourth-order valence-electron chi connectivity index (χ4n) is 1.97. The number of rotatable bonds is 4. The highest BCUT2D eigenvalue weighted by atomic mass is 19.1. The molecule has 0 bridgehead atoms. The first-order valence-electron chi connectivity index (χ1n) is 6.45. The van der Waals surface area contributed by atoms with Crippen molar-refractivity contribution >= 4 is 5.97 Å². The Labute approximate surface area is 120 Å². The maximum Gasteiger partial charge on any atom is 0.317 e. The van der Waals surface area contributed by atoms with Crippen molar-refractivity contribution in [3.8, 4) is 11.3 Å². The molecule has 0 spiro atoms. The van der Waals surface area contributed by atoms with Crippen molar-refractivity contribution in [1.29, 1.82) is 0 Å². The van der Waals surface area contributed by atoms with Gasteiger partial charge in [0.15, 0.2) is 12.4 Å². The molecular formula is C16H12FNO3. The topological polar surface area (TPSA) is 52.3 Å². The van der Waals surface area contributed by atoms with Crippen molar-refractivity contribution in [2.75, 3.05) is 0 Å². The lowest BCUT2D eigenvalue weighted by Gasteiger charge is -2.04. The Morgan fingerprint density at radius 2 is 1.95 bits per heavy atom. The first-order valence-corrected chi connectivity index (χ1v) is 6.45. The molecule has 0 radical (unpaired) electrons. The molecule has 0 aliphatic heterocycles. The summed E-state index contributed by atoms with van der Waals surface area (Å²) in [6.45, 7) is 0.0191. The maximum absolute atomic E-state index is 12.9. The van der Waals surface area contributed by atoms with Crippen LogP contribution in [0, 0.1) is 11.7 Å². The van der Waals surface area contributed by atoms with Crippen LogP contribution in [0.2, 0.25) is 0 Å². The molecule has 1 aromatic carbocycles. The van der Waals surface area contributed by atoms with Gasteiger partial charge in [-0.15, -0.1) is 0 Å². The molecule has 1 aliphatic carbocycles. The second-order valence-corrected chi connectivity index (χ2v) is 4.59. The minimum Gasteiger partial charge on any atom is -0.457 e. The molecule has 2 aromatic rings. The Morgan fingerprint density at radius 3 is 2.67 bits per heavy atom. The zero-order valence-electron chi connectivity index (χ0n) is 11.0. The van der Waals surface area contributed by atoms with Gasteiger partial charge in [0.2, 0.25) is 0 Å². The van der Waals surface area contributed by atoms with E-state index in [1.807, 2.05) is 0 Å². The van der Waals surface area contributed by atoms with Crippen LogP contribution in [0.15, 0.2) is 59.2 Å². The normalized spacial score (nSPS) is 13.8. The van der Waals surface area contributed by atoms with Crippen LogP contribution < -0.4 is 0 Å². The van der Waals surface area contributed by atoms with Gasteiger partial charge in [-0.25, -0.2) is 4.39 Å². The molecule has 5 heteroatoms. The third-order valence-corrected chi connectivity index (χ3v) is 3.08. The van der Waals surface area contributed by atoms with Crippen molar-refractivity contribution in [1.82, 2.24) is 5.16 Å². The average molecular weight is 285 g/mol. The van der Waals surface area contributed by atoms with E-state index in [-0.39, 0.29) is 24.3 Å². The van der Waals surface area contributed by atoms with Crippen LogP contribution in [0.3, 0.4) is 0 Å². The Morgan fingerprint density at radius 1 is 1.24 bits per heavy atom. The molecule has 3 rings (SSSR count). The van der Waals surface area contributed by atoms with Crippen molar-refractivity contribution < 1.29 is 18.4 Å². The molecule has 0 atom stereocenters. The number of aromatic nitrogens is 1. The summed E-state index contributed by atoms with van der Waals surface area (Å²) in [5.41, 5.74) is 1.31. The summed E-state index contributed by atoms with van der Waals surface area (Å²) in [6.07, 6.45) is 7.11. The summed E-state index contributed by atoms with van der Waals surface area (Å²) in [5.74, 6) is -0.535. The van der Waals surface area contributed by atoms with Crippen LogP contribution in [-0.2, 0) is 16.1 Å². The Kier molecular flexibility index (Phi) is 3.64. The number of hydrogen-bond donors (Lipinski definition) is 0. The van der Waals surface area contributed by atoms with E-state index in [0.29, 0.717) is 11.5 Å². The van der Waals surface area contributed by atoms with E-state index in [0.717, 1.165) is 5.56 Å². The average Bonchev–Trinajstić information content (AvgIpc) is 3.17. The number of allylic oxidation sites excluding steroid dienone is 2. The van der Waals surface area contributed by atoms with E-state index < -0.39 is 0 Å². The standard InChI is InChI=1S/C16H12FNO3/c17-13-7-5-11(6-8-13)15-9-14(21-18-15)10-20-16(19)12-3-1-2-4-12/h1-9,12H,10H2. The second-order valence-electron chi connectivity index (χ2n) is 4.59. The van der Waals surface area contributed by atoms with E-state index in [1.165, 1.54) is 12.1 Å². The second kappa shape index (κ2) is 5.75. The highest BCUT2D eigenvalue weighted by Gasteiger charge is 2.17. The zero-order chi connectivity index (χ0) is 14.7. The van der Waals surface area contributed by atoms with E-state index in [9.17, 15) is 9.18 Å². The van der Waals surface area contributed by atoms with Gasteiger partial charge < -0.3 is 9.26 Å². The quantitative estimate of drug-likeness (QED) is 0.809. The molecule has 4 nitrogen and oxygen atoms in total. The molecule has 1 aliphatic rings. The fraction of sp³-hybridized carbons (Fsp3) is 0.125. The summed E-state index contributed by atoms with van der Waals surface area (Å²) >= 11 is 0. The van der Waals surface area contributed by atoms with Crippen molar-refractivity contribution in [3.63, 3.8) is 0 Å². The highest BCUT2D eigenvalue weighted by Crippen LogP contribution is 2.20. The smallest absolute Gasteiger partial charge is 0.317 e. The molecule has 0 fully saturated rings. The van der Waals surface area contributed by atoms with Gasteiger partial charge in [0, 0.05) is 11.6 Å². The predicted molar refractivity (Wildman–Crippen MR) is 73.5 cm³/mol. The van der Waals surface area contributed by atoms with Gasteiger partial charge in [0.05, 0.1) is 5.92 Å². The van der Waals surface area contributed by atoms with Crippen LogP contribution >= 0.6 is 0 Å². The molecule has 0 saturated carbocycles. The zero-order valence-corrected chi connectivity index (χ0v) is 11.0. The third-order valence-electron chi connectivity index (χ3n) is 3.08. The summed E-state index contributed by atoms with van der Waals surface area (Å²) < 4.78 is 23.1. The molecule has 21 heavy (non-hydrogen) atoms. The lowest BCUT2D eigenvalue weighted by atomic mass is 10.1. The molecule has 0 N–H and O–H groups in total. The number of halogens is 1. The highest BCUT2D eigenvalue weighted by molar-refractivity contribution is 5.77. The maximum atomic E-state index is 12.9. The Bertz CT molecular complexity index is 689. The van der Waals surface area contributed by atoms with Crippen molar-refractivity contribution in [2.45, 2.75) is 6.61 Å². The summed E-state index contributed by atoms with van der Waals surface area (Å²) in [6, 6.07) is 7.58. The molecule has 1 aromatic heterocycles. The number of hydrogen-bond acceptors (Lipinski definition) is 4. The van der Waals surface area contributed by atoms with Gasteiger partial charge in [-0.1, -0.05) is 29.5 Å². The van der Waals surface area contributed by atoms with Crippen LogP contribution in [0.5, 0.6) is 0 Å². The van der Waals surface area contributed by atoms with Crippen LogP contribution in [0.1, 0.15) is 5.76 Å². The summed E-state index contributed by atoms with van der Waals surface area (Å²) in [7, 11) is 0. The number of benzene rings is 1. The summed E-state index contributed by atoms with van der Waals surface area (Å²) in [5, 5.41) is 3.87. The number of carbonyl (C=O) groups is 1. The SMILES string of the molecule is O=C(OCc1cc(-c2ccc(F)cc2)no1)C1C=CC=C1. The molecule has 106 valence electrons. The number of carbonyl (C=O) groups excluding carboxylic acids is 1. The first-order chi connectivity index (χ1) is 10.2. The largest absolute Gasteiger partial charge is 0.457 e. The van der Waals surface area contributed by atoms with Crippen molar-refractivity contribution in [2.24, 2.45) is 5.92 Å². The minimum absolute atomic E-state index is 0.0191. The lowest BCUT2D eigenvalue weighted by molar-refractivity contribution is -0.147. The first kappa shape index (κ1) is 13.3. The van der Waals surface area contributed by atoms with E-state index in [1.54, 1.807) is 42.5 Å². The van der Waals surface area contributed by atoms with E-state index in [2.05, 4.69) is 5.16 Å². The van der Waals surface area contributed by atoms with Crippen molar-refractivity contribution in [3.05, 3.63) is 66.2 Å². The number of esters is 1. The van der Waals surface area contributed by atoms with Crippen LogP contribution in [0.25, 0.3) is 11.3 Å². The van der Waals surface area contributed by atoms with E-state index >= 15 is 0 Å². The van der Waals surface area contributed by atoms with Gasteiger partial charge in [-0.05, 0) is 24.3 Å². The molecule has 0 amide bonds. The van der Waals surface area contributed by atoms with Gasteiger partial charge in [-0.3, -0.25) is 4.79 Å². The summed E-state index contributed by atoms with van der Waals surface area (Å²) in [4.78, 5) is 11.7. The van der Waals surface area contributed by atoms with Gasteiger partial charge in [0.1, 0.15) is 11.5 Å². The molecule has 0 saturated heterocycles. The van der Waals surface area contributed by atoms with Gasteiger partial charge in [0.25, 0.3) is 0 Å². The molecular weight excluding hydrogens is 273 g/mol. The van der Waals surface area contributed by atoms with Gasteiger partial charge >= 0.3 is 5.97 Å². The Hall–Kier alpha value is -2.69.